The van der Waals surface area contributed by atoms with E-state index in [1.54, 1.807) is 4.90 Å². The average Bonchev–Trinajstić information content (AvgIpc) is 2.56. The van der Waals surface area contributed by atoms with Crippen LogP contribution in [-0.2, 0) is 0 Å². The van der Waals surface area contributed by atoms with Crippen LogP contribution in [0.5, 0.6) is 5.75 Å². The molecule has 1 aliphatic heterocycles. The largest absolute Gasteiger partial charge is 0.490 e. The molecule has 1 aliphatic carbocycles. The molecular weight excluding hydrogens is 278 g/mol. The molecule has 1 aromatic rings. The number of aliphatic hydroxyl groups excluding tert-OH is 1. The number of β-amino-alcohol motifs (C(OH)–C–C–N with tert-alkyl or cyclic N) is 1. The standard InChI is InChI=1S/C18H25NO3/c20-15-5-4-12-19(13-15)18(21)14-8-10-17(11-9-14)22-16-6-2-1-3-7-16/h8-11,15-16,20H,1-7,12-13H2/t15-/m1/s1. The van der Waals surface area contributed by atoms with Crippen LogP contribution in [-0.4, -0.2) is 41.2 Å². The number of piperidine rings is 1. The second-order valence-corrected chi connectivity index (χ2v) is 6.45. The van der Waals surface area contributed by atoms with E-state index in [-0.39, 0.29) is 12.0 Å². The molecule has 2 aliphatic rings. The fourth-order valence-electron chi connectivity index (χ4n) is 3.37. The van der Waals surface area contributed by atoms with Gasteiger partial charge in [-0.1, -0.05) is 6.42 Å². The third-order valence-electron chi connectivity index (χ3n) is 4.64. The number of ether oxygens (including phenoxy) is 1. The number of amides is 1. The number of likely N-dealkylation sites (tertiary alicyclic amines) is 1. The smallest absolute Gasteiger partial charge is 0.253 e. The second-order valence-electron chi connectivity index (χ2n) is 6.45. The average molecular weight is 303 g/mol. The van der Waals surface area contributed by atoms with E-state index in [1.165, 1.54) is 19.3 Å². The number of aliphatic hydroxyl groups is 1. The lowest BCUT2D eigenvalue weighted by molar-refractivity contribution is 0.0473. The van der Waals surface area contributed by atoms with Crippen LogP contribution in [0.3, 0.4) is 0 Å². The Labute approximate surface area is 132 Å². The normalized spacial score (nSPS) is 23.3. The lowest BCUT2D eigenvalue weighted by atomic mass is 9.98. The zero-order chi connectivity index (χ0) is 15.4. The van der Waals surface area contributed by atoms with Gasteiger partial charge in [0.1, 0.15) is 5.75 Å². The maximum absolute atomic E-state index is 12.4. The lowest BCUT2D eigenvalue weighted by Gasteiger charge is -2.30. The molecule has 0 spiro atoms. The van der Waals surface area contributed by atoms with E-state index in [9.17, 15) is 9.90 Å². The minimum Gasteiger partial charge on any atom is -0.490 e. The first-order valence-corrected chi connectivity index (χ1v) is 8.46. The van der Waals surface area contributed by atoms with Gasteiger partial charge in [0.25, 0.3) is 5.91 Å². The lowest BCUT2D eigenvalue weighted by Crippen LogP contribution is -2.42. The van der Waals surface area contributed by atoms with Crippen molar-refractivity contribution in [1.82, 2.24) is 4.90 Å². The topological polar surface area (TPSA) is 49.8 Å². The van der Waals surface area contributed by atoms with E-state index in [0.717, 1.165) is 38.0 Å². The van der Waals surface area contributed by atoms with Crippen molar-refractivity contribution in [2.75, 3.05) is 13.1 Å². The second kappa shape index (κ2) is 7.14. The van der Waals surface area contributed by atoms with Crippen LogP contribution in [0.2, 0.25) is 0 Å². The summed E-state index contributed by atoms with van der Waals surface area (Å²) in [7, 11) is 0. The molecule has 1 amide bonds. The summed E-state index contributed by atoms with van der Waals surface area (Å²) in [5.74, 6) is 0.852. The monoisotopic (exact) mass is 303 g/mol. The highest BCUT2D eigenvalue weighted by Gasteiger charge is 2.23. The minimum absolute atomic E-state index is 0.00275. The van der Waals surface area contributed by atoms with Gasteiger partial charge >= 0.3 is 0 Å². The van der Waals surface area contributed by atoms with Gasteiger partial charge < -0.3 is 14.7 Å². The Balaban J connectivity index is 1.59. The molecule has 1 saturated heterocycles. The van der Waals surface area contributed by atoms with Crippen molar-refractivity contribution in [2.24, 2.45) is 0 Å². The van der Waals surface area contributed by atoms with Crippen LogP contribution in [0, 0.1) is 0 Å². The predicted molar refractivity (Wildman–Crippen MR) is 85.1 cm³/mol. The maximum Gasteiger partial charge on any atom is 0.253 e. The van der Waals surface area contributed by atoms with Gasteiger partial charge in [0.05, 0.1) is 12.2 Å². The van der Waals surface area contributed by atoms with Crippen LogP contribution >= 0.6 is 0 Å². The summed E-state index contributed by atoms with van der Waals surface area (Å²) in [5, 5.41) is 9.69. The molecule has 0 unspecified atom stereocenters. The number of hydrogen-bond donors (Lipinski definition) is 1. The summed E-state index contributed by atoms with van der Waals surface area (Å²) in [5.41, 5.74) is 0.671. The molecule has 22 heavy (non-hydrogen) atoms. The van der Waals surface area contributed by atoms with E-state index < -0.39 is 0 Å². The first-order valence-electron chi connectivity index (χ1n) is 8.46. The van der Waals surface area contributed by atoms with Crippen molar-refractivity contribution in [1.29, 1.82) is 0 Å². The zero-order valence-electron chi connectivity index (χ0n) is 13.0. The van der Waals surface area contributed by atoms with Gasteiger partial charge in [-0.2, -0.15) is 0 Å². The summed E-state index contributed by atoms with van der Waals surface area (Å²) in [6.45, 7) is 1.18. The number of benzene rings is 1. The summed E-state index contributed by atoms with van der Waals surface area (Å²) in [6, 6.07) is 7.45. The van der Waals surface area contributed by atoms with Crippen molar-refractivity contribution >= 4 is 5.91 Å². The minimum atomic E-state index is -0.383. The molecule has 1 saturated carbocycles. The summed E-state index contributed by atoms with van der Waals surface area (Å²) in [6.07, 6.45) is 7.68. The third kappa shape index (κ3) is 3.80. The Hall–Kier alpha value is -1.55. The van der Waals surface area contributed by atoms with Crippen LogP contribution in [0.4, 0.5) is 0 Å². The Kier molecular flexibility index (Phi) is 4.98. The van der Waals surface area contributed by atoms with Gasteiger partial charge in [0.2, 0.25) is 0 Å². The predicted octanol–water partition coefficient (Wildman–Crippen LogP) is 3.00. The van der Waals surface area contributed by atoms with Gasteiger partial charge in [-0.3, -0.25) is 4.79 Å². The quantitative estimate of drug-likeness (QED) is 0.934. The van der Waals surface area contributed by atoms with Gasteiger partial charge in [-0.15, -0.1) is 0 Å². The van der Waals surface area contributed by atoms with Crippen molar-refractivity contribution in [3.8, 4) is 5.75 Å². The first kappa shape index (κ1) is 15.3. The molecule has 1 atom stereocenters. The van der Waals surface area contributed by atoms with Crippen LogP contribution < -0.4 is 4.74 Å². The van der Waals surface area contributed by atoms with Crippen LogP contribution in [0.15, 0.2) is 24.3 Å². The highest BCUT2D eigenvalue weighted by molar-refractivity contribution is 5.94. The third-order valence-corrected chi connectivity index (χ3v) is 4.64. The summed E-state index contributed by atoms with van der Waals surface area (Å²) < 4.78 is 5.99. The van der Waals surface area contributed by atoms with Gasteiger partial charge in [0.15, 0.2) is 0 Å². The molecular formula is C18H25NO3. The fraction of sp³-hybridized carbons (Fsp3) is 0.611. The molecule has 0 aromatic heterocycles. The Bertz CT molecular complexity index is 494. The summed E-state index contributed by atoms with van der Waals surface area (Å²) >= 11 is 0. The molecule has 1 aromatic carbocycles. The Morgan fingerprint density at radius 2 is 1.77 bits per heavy atom. The van der Waals surface area contributed by atoms with E-state index >= 15 is 0 Å². The SMILES string of the molecule is O=C(c1ccc(OC2CCCCC2)cc1)N1CCC[C@@H](O)C1. The molecule has 4 nitrogen and oxygen atoms in total. The van der Waals surface area contributed by atoms with Crippen molar-refractivity contribution < 1.29 is 14.6 Å². The first-order chi connectivity index (χ1) is 10.7. The molecule has 1 heterocycles. The molecule has 1 N–H and O–H groups in total. The number of carbonyl (C=O) groups is 1. The molecule has 0 bridgehead atoms. The Morgan fingerprint density at radius 3 is 2.45 bits per heavy atom. The number of carbonyl (C=O) groups excluding carboxylic acids is 1. The summed E-state index contributed by atoms with van der Waals surface area (Å²) in [4.78, 5) is 14.2. The van der Waals surface area contributed by atoms with E-state index in [1.807, 2.05) is 24.3 Å². The van der Waals surface area contributed by atoms with Crippen molar-refractivity contribution in [2.45, 2.75) is 57.2 Å². The van der Waals surface area contributed by atoms with E-state index in [2.05, 4.69) is 0 Å². The van der Waals surface area contributed by atoms with Gasteiger partial charge in [-0.25, -0.2) is 0 Å². The molecule has 3 rings (SSSR count). The van der Waals surface area contributed by atoms with Crippen LogP contribution in [0.1, 0.15) is 55.3 Å². The molecule has 4 heteroatoms. The zero-order valence-corrected chi connectivity index (χ0v) is 13.0. The Morgan fingerprint density at radius 1 is 1.05 bits per heavy atom. The van der Waals surface area contributed by atoms with Gasteiger partial charge in [-0.05, 0) is 62.8 Å². The van der Waals surface area contributed by atoms with Crippen molar-refractivity contribution in [3.05, 3.63) is 29.8 Å². The fourth-order valence-corrected chi connectivity index (χ4v) is 3.37. The highest BCUT2D eigenvalue weighted by Crippen LogP contribution is 2.24. The maximum atomic E-state index is 12.4. The number of rotatable bonds is 3. The number of nitrogens with zero attached hydrogens (tertiary/aromatic N) is 1. The van der Waals surface area contributed by atoms with Gasteiger partial charge in [0, 0.05) is 18.7 Å². The number of hydrogen-bond acceptors (Lipinski definition) is 3. The van der Waals surface area contributed by atoms with E-state index in [0.29, 0.717) is 18.2 Å². The molecule has 0 radical (unpaired) electrons. The van der Waals surface area contributed by atoms with Crippen molar-refractivity contribution in [3.63, 3.8) is 0 Å². The van der Waals surface area contributed by atoms with Crippen LogP contribution in [0.25, 0.3) is 0 Å². The van der Waals surface area contributed by atoms with E-state index in [4.69, 9.17) is 4.74 Å². The molecule has 120 valence electrons. The highest BCUT2D eigenvalue weighted by atomic mass is 16.5. The molecule has 2 fully saturated rings.